The lowest BCUT2D eigenvalue weighted by Gasteiger charge is -2.34. The van der Waals surface area contributed by atoms with E-state index >= 15 is 13.2 Å². The highest BCUT2D eigenvalue weighted by atomic mass is 32.2. The van der Waals surface area contributed by atoms with Gasteiger partial charge >= 0.3 is 0 Å². The van der Waals surface area contributed by atoms with E-state index in [4.69, 9.17) is 9.47 Å². The van der Waals surface area contributed by atoms with Crippen molar-refractivity contribution < 1.29 is 31.1 Å². The Balaban J connectivity index is 1.49. The van der Waals surface area contributed by atoms with E-state index in [9.17, 15) is 8.42 Å². The number of nitrogens with zero attached hydrogens (tertiary/aromatic N) is 1. The van der Waals surface area contributed by atoms with Gasteiger partial charge in [0.15, 0.2) is 21.4 Å². The molecule has 0 saturated carbocycles. The lowest BCUT2D eigenvalue weighted by molar-refractivity contribution is 0.241. The van der Waals surface area contributed by atoms with Crippen LogP contribution in [0.1, 0.15) is 50.9 Å². The van der Waals surface area contributed by atoms with Crippen molar-refractivity contribution in [3.8, 4) is 28.6 Å². The molecule has 3 heterocycles. The molecular formula is C33H33F3N4O4S. The summed E-state index contributed by atoms with van der Waals surface area (Å²) < 4.78 is 84.1. The van der Waals surface area contributed by atoms with Crippen molar-refractivity contribution in [1.82, 2.24) is 20.3 Å². The molecule has 0 fully saturated rings. The SMILES string of the molecule is CC(C)(C)NCc1cc(F)c(-c2ncc(C3(C)CCOc4ccccc43)[nH]2)cc1Oc1c(F)c(F)c2[nH]ccc2c1S(C)(=O)=O. The first-order valence-electron chi connectivity index (χ1n) is 14.4. The molecule has 12 heteroatoms. The van der Waals surface area contributed by atoms with Crippen molar-refractivity contribution in [3.05, 3.63) is 89.1 Å². The quantitative estimate of drug-likeness (QED) is 0.164. The molecular weight excluding hydrogens is 605 g/mol. The first-order valence-corrected chi connectivity index (χ1v) is 16.3. The molecule has 0 spiro atoms. The van der Waals surface area contributed by atoms with Crippen LogP contribution in [-0.2, 0) is 21.8 Å². The van der Waals surface area contributed by atoms with Gasteiger partial charge in [-0.25, -0.2) is 22.2 Å². The van der Waals surface area contributed by atoms with Gasteiger partial charge < -0.3 is 24.8 Å². The lowest BCUT2D eigenvalue weighted by Crippen LogP contribution is -2.35. The largest absolute Gasteiger partial charge is 0.493 e. The zero-order valence-electron chi connectivity index (χ0n) is 25.4. The van der Waals surface area contributed by atoms with Gasteiger partial charge in [0.2, 0.25) is 5.82 Å². The molecule has 8 nitrogen and oxygen atoms in total. The number of rotatable bonds is 7. The second kappa shape index (κ2) is 11.0. The molecule has 1 unspecified atom stereocenters. The molecule has 1 atom stereocenters. The van der Waals surface area contributed by atoms with E-state index < -0.39 is 48.9 Å². The molecule has 0 amide bonds. The number of para-hydroxylation sites is 1. The third kappa shape index (κ3) is 5.57. The van der Waals surface area contributed by atoms with E-state index in [0.717, 1.165) is 23.3 Å². The van der Waals surface area contributed by atoms with Crippen LogP contribution in [0.5, 0.6) is 17.2 Å². The zero-order valence-corrected chi connectivity index (χ0v) is 26.3. The third-order valence-electron chi connectivity index (χ3n) is 8.12. The van der Waals surface area contributed by atoms with E-state index in [1.54, 1.807) is 6.20 Å². The average Bonchev–Trinajstić information content (AvgIpc) is 3.66. The minimum atomic E-state index is -4.12. The van der Waals surface area contributed by atoms with Crippen molar-refractivity contribution in [2.75, 3.05) is 12.9 Å². The van der Waals surface area contributed by atoms with Crippen molar-refractivity contribution in [2.24, 2.45) is 0 Å². The molecule has 1 aliphatic heterocycles. The van der Waals surface area contributed by atoms with Gasteiger partial charge in [0, 0.05) is 58.4 Å². The molecule has 0 aliphatic carbocycles. The summed E-state index contributed by atoms with van der Waals surface area (Å²) in [4.78, 5) is 9.76. The highest BCUT2D eigenvalue weighted by molar-refractivity contribution is 7.91. The van der Waals surface area contributed by atoms with E-state index in [2.05, 4.69) is 27.2 Å². The summed E-state index contributed by atoms with van der Waals surface area (Å²) in [6.07, 6.45) is 4.49. The summed E-state index contributed by atoms with van der Waals surface area (Å²) in [5.41, 5.74) is 0.770. The van der Waals surface area contributed by atoms with Crippen LogP contribution in [0.2, 0.25) is 0 Å². The Morgan fingerprint density at radius 2 is 1.87 bits per heavy atom. The summed E-state index contributed by atoms with van der Waals surface area (Å²) in [5, 5.41) is 3.17. The number of hydrogen-bond acceptors (Lipinski definition) is 6. The van der Waals surface area contributed by atoms with Crippen molar-refractivity contribution in [3.63, 3.8) is 0 Å². The number of aromatic nitrogens is 3. The number of halogens is 3. The van der Waals surface area contributed by atoms with Gasteiger partial charge in [-0.1, -0.05) is 18.2 Å². The standard InChI is InChI=1S/C33H33F3N4O4S/c1-32(2,3)39-16-18-14-22(34)20(31-38-17-25(40-31)33(4)11-13-43-23-9-7-6-8-21(23)33)15-24(18)44-29-27(36)26(35)28-19(10-12-37-28)30(29)45(5,41)42/h6-10,12,14-15,17,37,39H,11,13,16H2,1-5H3,(H,38,40). The van der Waals surface area contributed by atoms with E-state index in [1.165, 1.54) is 24.4 Å². The Kier molecular flexibility index (Phi) is 7.48. The van der Waals surface area contributed by atoms with Crippen LogP contribution >= 0.6 is 0 Å². The number of hydrogen-bond donors (Lipinski definition) is 3. The Morgan fingerprint density at radius 1 is 1.11 bits per heavy atom. The number of aromatic amines is 2. The summed E-state index contributed by atoms with van der Waals surface area (Å²) in [5.74, 6) is -3.36. The Hall–Kier alpha value is -4.29. The highest BCUT2D eigenvalue weighted by Gasteiger charge is 2.37. The van der Waals surface area contributed by atoms with E-state index in [-0.39, 0.29) is 40.1 Å². The monoisotopic (exact) mass is 638 g/mol. The number of fused-ring (bicyclic) bond motifs is 2. The second-order valence-electron chi connectivity index (χ2n) is 12.5. The van der Waals surface area contributed by atoms with Crippen molar-refractivity contribution in [2.45, 2.75) is 56.5 Å². The normalized spacial score (nSPS) is 16.9. The maximum atomic E-state index is 15.8. The molecule has 3 aromatic carbocycles. The molecule has 0 radical (unpaired) electrons. The smallest absolute Gasteiger partial charge is 0.204 e. The predicted octanol–water partition coefficient (Wildman–Crippen LogP) is 7.15. The molecule has 5 aromatic rings. The molecule has 1 aliphatic rings. The van der Waals surface area contributed by atoms with Gasteiger partial charge in [0.25, 0.3) is 0 Å². The van der Waals surface area contributed by atoms with Crippen molar-refractivity contribution >= 4 is 20.7 Å². The topological polar surface area (TPSA) is 109 Å². The van der Waals surface area contributed by atoms with Crippen LogP contribution in [0.15, 0.2) is 59.8 Å². The molecule has 0 saturated heterocycles. The maximum absolute atomic E-state index is 15.8. The molecule has 2 aromatic heterocycles. The number of sulfone groups is 1. The zero-order chi connectivity index (χ0) is 32.3. The number of H-pyrrole nitrogens is 2. The number of nitrogens with one attached hydrogen (secondary N) is 3. The number of imidazole rings is 1. The number of benzene rings is 3. The van der Waals surface area contributed by atoms with Gasteiger partial charge in [0.1, 0.15) is 28.0 Å². The Morgan fingerprint density at radius 3 is 2.60 bits per heavy atom. The minimum absolute atomic E-state index is 0.00390. The molecule has 236 valence electrons. The van der Waals surface area contributed by atoms with Gasteiger partial charge in [-0.2, -0.15) is 4.39 Å². The van der Waals surface area contributed by atoms with Gasteiger partial charge in [-0.05, 0) is 58.4 Å². The minimum Gasteiger partial charge on any atom is -0.493 e. The van der Waals surface area contributed by atoms with E-state index in [1.807, 2.05) is 45.0 Å². The summed E-state index contributed by atoms with van der Waals surface area (Å²) >= 11 is 0. The first kappa shape index (κ1) is 30.7. The van der Waals surface area contributed by atoms with Crippen LogP contribution in [0, 0.1) is 17.5 Å². The Labute approximate surface area is 258 Å². The second-order valence-corrected chi connectivity index (χ2v) is 14.5. The fourth-order valence-electron chi connectivity index (χ4n) is 5.68. The van der Waals surface area contributed by atoms with Crippen LogP contribution in [0.4, 0.5) is 13.2 Å². The summed E-state index contributed by atoms with van der Waals surface area (Å²) in [6.45, 7) is 8.36. The molecule has 3 N–H and O–H groups in total. The van der Waals surface area contributed by atoms with Gasteiger partial charge in [-0.3, -0.25) is 0 Å². The fourth-order valence-corrected chi connectivity index (χ4v) is 6.71. The maximum Gasteiger partial charge on any atom is 0.204 e. The van der Waals surface area contributed by atoms with Gasteiger partial charge in [0.05, 0.1) is 17.7 Å². The van der Waals surface area contributed by atoms with Gasteiger partial charge in [-0.15, -0.1) is 0 Å². The highest BCUT2D eigenvalue weighted by Crippen LogP contribution is 2.44. The van der Waals surface area contributed by atoms with Crippen LogP contribution in [0.25, 0.3) is 22.3 Å². The fraction of sp³-hybridized carbons (Fsp3) is 0.303. The predicted molar refractivity (Wildman–Crippen MR) is 165 cm³/mol. The van der Waals surface area contributed by atoms with E-state index in [0.29, 0.717) is 13.0 Å². The molecule has 45 heavy (non-hydrogen) atoms. The average molecular weight is 639 g/mol. The first-order chi connectivity index (χ1) is 21.2. The van der Waals surface area contributed by atoms with Crippen molar-refractivity contribution in [1.29, 1.82) is 0 Å². The Bertz CT molecular complexity index is 2050. The molecule has 6 rings (SSSR count). The summed E-state index contributed by atoms with van der Waals surface area (Å²) in [7, 11) is -4.12. The van der Waals surface area contributed by atoms with Crippen LogP contribution in [0.3, 0.4) is 0 Å². The third-order valence-corrected chi connectivity index (χ3v) is 9.26. The lowest BCUT2D eigenvalue weighted by atomic mass is 9.75. The van der Waals surface area contributed by atoms with Crippen LogP contribution in [-0.4, -0.2) is 41.8 Å². The number of ether oxygens (including phenoxy) is 2. The summed E-state index contributed by atoms with van der Waals surface area (Å²) in [6, 6.07) is 11.6. The molecule has 0 bridgehead atoms. The van der Waals surface area contributed by atoms with Crippen LogP contribution < -0.4 is 14.8 Å².